The Bertz CT molecular complexity index is 402. The fourth-order valence-corrected chi connectivity index (χ4v) is 2.53. The normalized spacial score (nSPS) is 20.5. The number of hydrogen-bond donors (Lipinski definition) is 1. The van der Waals surface area contributed by atoms with E-state index >= 15 is 0 Å². The first-order chi connectivity index (χ1) is 10.2. The van der Waals surface area contributed by atoms with Crippen LogP contribution in [0.2, 0.25) is 0 Å². The maximum Gasteiger partial charge on any atom is 0.119 e. The molecule has 2 atom stereocenters. The molecule has 1 aromatic carbocycles. The zero-order chi connectivity index (χ0) is 15.1. The van der Waals surface area contributed by atoms with E-state index in [1.165, 1.54) is 5.56 Å². The van der Waals surface area contributed by atoms with Gasteiger partial charge in [-0.3, -0.25) is 4.90 Å². The van der Waals surface area contributed by atoms with E-state index in [-0.39, 0.29) is 0 Å². The molecular formula is C17H28N2O2. The van der Waals surface area contributed by atoms with Crippen molar-refractivity contribution in [3.63, 3.8) is 0 Å². The van der Waals surface area contributed by atoms with Gasteiger partial charge < -0.3 is 14.8 Å². The third-order valence-electron chi connectivity index (χ3n) is 3.99. The summed E-state index contributed by atoms with van der Waals surface area (Å²) in [6.45, 7) is 8.81. The van der Waals surface area contributed by atoms with Crippen LogP contribution < -0.4 is 10.1 Å². The maximum absolute atomic E-state index is 5.77. The Morgan fingerprint density at radius 3 is 2.76 bits per heavy atom. The molecule has 2 unspecified atom stereocenters. The van der Waals surface area contributed by atoms with E-state index in [2.05, 4.69) is 55.4 Å². The van der Waals surface area contributed by atoms with E-state index in [0.29, 0.717) is 12.1 Å². The highest BCUT2D eigenvalue weighted by atomic mass is 16.5. The van der Waals surface area contributed by atoms with Gasteiger partial charge in [0.1, 0.15) is 5.75 Å². The topological polar surface area (TPSA) is 33.7 Å². The average Bonchev–Trinajstić information content (AvgIpc) is 2.53. The molecule has 1 aliphatic rings. The molecule has 118 valence electrons. The minimum atomic E-state index is 0.290. The van der Waals surface area contributed by atoms with Gasteiger partial charge in [0, 0.05) is 25.7 Å². The van der Waals surface area contributed by atoms with Crippen molar-refractivity contribution in [2.24, 2.45) is 0 Å². The Balaban J connectivity index is 1.87. The summed E-state index contributed by atoms with van der Waals surface area (Å²) >= 11 is 0. The second kappa shape index (κ2) is 8.37. The van der Waals surface area contributed by atoms with Crippen LogP contribution in [-0.2, 0) is 4.74 Å². The SMILES string of the molecule is CCCOc1ccc(C(C)N(C)CC2CNCCO2)cc1. The Morgan fingerprint density at radius 2 is 2.14 bits per heavy atom. The molecule has 0 radical (unpaired) electrons. The molecule has 0 bridgehead atoms. The lowest BCUT2D eigenvalue weighted by Crippen LogP contribution is -2.44. The lowest BCUT2D eigenvalue weighted by molar-refractivity contribution is 0.00393. The van der Waals surface area contributed by atoms with E-state index in [0.717, 1.165) is 45.0 Å². The smallest absolute Gasteiger partial charge is 0.119 e. The van der Waals surface area contributed by atoms with E-state index in [1.807, 2.05) is 0 Å². The van der Waals surface area contributed by atoms with E-state index in [4.69, 9.17) is 9.47 Å². The Labute approximate surface area is 128 Å². The molecular weight excluding hydrogens is 264 g/mol. The lowest BCUT2D eigenvalue weighted by Gasteiger charge is -2.31. The van der Waals surface area contributed by atoms with Gasteiger partial charge in [0.2, 0.25) is 0 Å². The van der Waals surface area contributed by atoms with E-state index in [9.17, 15) is 0 Å². The number of nitrogens with one attached hydrogen (secondary N) is 1. The third kappa shape index (κ3) is 4.99. The number of nitrogens with zero attached hydrogens (tertiary/aromatic N) is 1. The van der Waals surface area contributed by atoms with Crippen LogP contribution in [0.3, 0.4) is 0 Å². The number of rotatable bonds is 7. The van der Waals surface area contributed by atoms with E-state index in [1.54, 1.807) is 0 Å². The van der Waals surface area contributed by atoms with Crippen LogP contribution in [0.1, 0.15) is 31.9 Å². The fraction of sp³-hybridized carbons (Fsp3) is 0.647. The minimum Gasteiger partial charge on any atom is -0.494 e. The summed E-state index contributed by atoms with van der Waals surface area (Å²) in [4.78, 5) is 2.35. The van der Waals surface area contributed by atoms with Crippen molar-refractivity contribution in [3.8, 4) is 5.75 Å². The number of likely N-dealkylation sites (N-methyl/N-ethyl adjacent to an activating group) is 1. The zero-order valence-corrected chi connectivity index (χ0v) is 13.5. The summed E-state index contributed by atoms with van der Waals surface area (Å²) in [6, 6.07) is 8.82. The maximum atomic E-state index is 5.77. The number of benzene rings is 1. The van der Waals surface area contributed by atoms with Crippen molar-refractivity contribution in [2.45, 2.75) is 32.4 Å². The summed E-state index contributed by atoms with van der Waals surface area (Å²) in [5.41, 5.74) is 1.31. The molecule has 0 aliphatic carbocycles. The molecule has 0 amide bonds. The highest BCUT2D eigenvalue weighted by molar-refractivity contribution is 5.29. The summed E-state index contributed by atoms with van der Waals surface area (Å²) in [7, 11) is 2.16. The van der Waals surface area contributed by atoms with Gasteiger partial charge in [0.05, 0.1) is 19.3 Å². The molecule has 1 heterocycles. The van der Waals surface area contributed by atoms with Gasteiger partial charge in [-0.25, -0.2) is 0 Å². The highest BCUT2D eigenvalue weighted by Crippen LogP contribution is 2.22. The first-order valence-electron chi connectivity index (χ1n) is 7.96. The predicted octanol–water partition coefficient (Wildman–Crippen LogP) is 2.46. The molecule has 0 aromatic heterocycles. The first-order valence-corrected chi connectivity index (χ1v) is 7.96. The van der Waals surface area contributed by atoms with E-state index < -0.39 is 0 Å². The molecule has 2 rings (SSSR count). The Kier molecular flexibility index (Phi) is 6.49. The van der Waals surface area contributed by atoms with Crippen molar-refractivity contribution < 1.29 is 9.47 Å². The first kappa shape index (κ1) is 16.3. The molecule has 0 spiro atoms. The van der Waals surface area contributed by atoms with Crippen LogP contribution >= 0.6 is 0 Å². The van der Waals surface area contributed by atoms with Crippen LogP contribution in [0.15, 0.2) is 24.3 Å². The molecule has 0 saturated carbocycles. The Hall–Kier alpha value is -1.10. The monoisotopic (exact) mass is 292 g/mol. The van der Waals surface area contributed by atoms with Gasteiger partial charge in [0.15, 0.2) is 0 Å². The van der Waals surface area contributed by atoms with Crippen molar-refractivity contribution in [3.05, 3.63) is 29.8 Å². The van der Waals surface area contributed by atoms with Crippen LogP contribution in [0.5, 0.6) is 5.75 Å². The molecule has 1 aromatic rings. The minimum absolute atomic E-state index is 0.290. The molecule has 1 saturated heterocycles. The van der Waals surface area contributed by atoms with Gasteiger partial charge in [0.25, 0.3) is 0 Å². The van der Waals surface area contributed by atoms with Gasteiger partial charge in [-0.2, -0.15) is 0 Å². The number of morpholine rings is 1. The fourth-order valence-electron chi connectivity index (χ4n) is 2.53. The van der Waals surface area contributed by atoms with Crippen LogP contribution in [-0.4, -0.2) is 50.9 Å². The molecule has 21 heavy (non-hydrogen) atoms. The second-order valence-corrected chi connectivity index (χ2v) is 5.73. The molecule has 4 heteroatoms. The van der Waals surface area contributed by atoms with Crippen LogP contribution in [0.4, 0.5) is 0 Å². The number of hydrogen-bond acceptors (Lipinski definition) is 4. The average molecular weight is 292 g/mol. The van der Waals surface area contributed by atoms with Crippen molar-refractivity contribution in [2.75, 3.05) is 39.9 Å². The van der Waals surface area contributed by atoms with Gasteiger partial charge in [-0.05, 0) is 38.1 Å². The highest BCUT2D eigenvalue weighted by Gasteiger charge is 2.19. The van der Waals surface area contributed by atoms with Crippen LogP contribution in [0, 0.1) is 0 Å². The summed E-state index contributed by atoms with van der Waals surface area (Å²) in [5.74, 6) is 0.954. The van der Waals surface area contributed by atoms with Crippen molar-refractivity contribution in [1.29, 1.82) is 0 Å². The summed E-state index contributed by atoms with van der Waals surface area (Å²) in [6.07, 6.45) is 1.33. The molecule has 1 N–H and O–H groups in total. The van der Waals surface area contributed by atoms with Gasteiger partial charge in [-0.15, -0.1) is 0 Å². The molecule has 1 fully saturated rings. The third-order valence-corrected chi connectivity index (χ3v) is 3.99. The molecule has 1 aliphatic heterocycles. The zero-order valence-electron chi connectivity index (χ0n) is 13.5. The molecule has 4 nitrogen and oxygen atoms in total. The lowest BCUT2D eigenvalue weighted by atomic mass is 10.1. The van der Waals surface area contributed by atoms with Gasteiger partial charge >= 0.3 is 0 Å². The number of ether oxygens (including phenoxy) is 2. The van der Waals surface area contributed by atoms with Gasteiger partial charge in [-0.1, -0.05) is 19.1 Å². The quantitative estimate of drug-likeness (QED) is 0.837. The van der Waals surface area contributed by atoms with Crippen LogP contribution in [0.25, 0.3) is 0 Å². The standard InChI is InChI=1S/C17H28N2O2/c1-4-10-20-16-7-5-15(6-8-16)14(2)19(3)13-17-12-18-9-11-21-17/h5-8,14,17-18H,4,9-13H2,1-3H3. The van der Waals surface area contributed by atoms with Crippen molar-refractivity contribution >= 4 is 0 Å². The van der Waals surface area contributed by atoms with Crippen molar-refractivity contribution in [1.82, 2.24) is 10.2 Å². The summed E-state index contributed by atoms with van der Waals surface area (Å²) < 4.78 is 11.4. The largest absolute Gasteiger partial charge is 0.494 e. The second-order valence-electron chi connectivity index (χ2n) is 5.73. The summed E-state index contributed by atoms with van der Waals surface area (Å²) in [5, 5.41) is 3.38. The predicted molar refractivity (Wildman–Crippen MR) is 85.9 cm³/mol. The Morgan fingerprint density at radius 1 is 1.38 bits per heavy atom.